The molecule has 3 rings (SSSR count). The predicted molar refractivity (Wildman–Crippen MR) is 103 cm³/mol. The Bertz CT molecular complexity index is 699. The highest BCUT2D eigenvalue weighted by atomic mass is 16.2. The fourth-order valence-electron chi connectivity index (χ4n) is 3.43. The Kier molecular flexibility index (Phi) is 6.28. The van der Waals surface area contributed by atoms with E-state index in [1.165, 1.54) is 5.56 Å². The van der Waals surface area contributed by atoms with Crippen LogP contribution in [0.25, 0.3) is 0 Å². The zero-order chi connectivity index (χ0) is 18.4. The van der Waals surface area contributed by atoms with Crippen molar-refractivity contribution < 1.29 is 4.79 Å². The Morgan fingerprint density at radius 2 is 2.15 bits per heavy atom. The van der Waals surface area contributed by atoms with E-state index >= 15 is 0 Å². The average Bonchev–Trinajstić information content (AvgIpc) is 3.27. The van der Waals surface area contributed by atoms with Crippen molar-refractivity contribution in [2.45, 2.75) is 26.4 Å². The maximum absolute atomic E-state index is 12.3. The normalized spacial score (nSPS) is 17.4. The van der Waals surface area contributed by atoms with Crippen LogP contribution in [0.4, 0.5) is 4.79 Å². The number of carbonyl (C=O) groups is 1. The van der Waals surface area contributed by atoms with Gasteiger partial charge in [0.05, 0.1) is 0 Å². The highest BCUT2D eigenvalue weighted by Crippen LogP contribution is 2.18. The van der Waals surface area contributed by atoms with Crippen LogP contribution in [0.2, 0.25) is 0 Å². The number of hydrogen-bond donors (Lipinski definition) is 1. The highest BCUT2D eigenvalue weighted by Gasteiger charge is 2.23. The molecule has 0 bridgehead atoms. The first-order chi connectivity index (χ1) is 12.6. The van der Waals surface area contributed by atoms with E-state index in [1.54, 1.807) is 11.1 Å². The number of nitrogens with zero attached hydrogens (tertiary/aromatic N) is 4. The van der Waals surface area contributed by atoms with Gasteiger partial charge in [0, 0.05) is 52.2 Å². The van der Waals surface area contributed by atoms with Crippen molar-refractivity contribution in [2.24, 2.45) is 5.92 Å². The molecule has 1 fully saturated rings. The van der Waals surface area contributed by atoms with Gasteiger partial charge in [-0.1, -0.05) is 30.3 Å². The van der Waals surface area contributed by atoms with Gasteiger partial charge < -0.3 is 14.8 Å². The van der Waals surface area contributed by atoms with Crippen molar-refractivity contribution in [1.29, 1.82) is 0 Å². The second kappa shape index (κ2) is 8.85. The summed E-state index contributed by atoms with van der Waals surface area (Å²) < 4.78 is 2.06. The number of amides is 2. The van der Waals surface area contributed by atoms with Crippen LogP contribution in [0.1, 0.15) is 17.8 Å². The summed E-state index contributed by atoms with van der Waals surface area (Å²) in [4.78, 5) is 20.7. The second-order valence-corrected chi connectivity index (χ2v) is 7.15. The van der Waals surface area contributed by atoms with Gasteiger partial charge in [-0.05, 0) is 31.4 Å². The fourth-order valence-corrected chi connectivity index (χ4v) is 3.43. The average molecular weight is 355 g/mol. The summed E-state index contributed by atoms with van der Waals surface area (Å²) in [5, 5.41) is 3.09. The summed E-state index contributed by atoms with van der Waals surface area (Å²) in [6, 6.07) is 10.6. The Morgan fingerprint density at radius 3 is 2.88 bits per heavy atom. The number of carbonyl (C=O) groups excluding carboxylic acids is 1. The molecule has 6 heteroatoms. The van der Waals surface area contributed by atoms with Crippen LogP contribution in [0, 0.1) is 12.8 Å². The SMILES string of the molecule is Cc1nccn1CCN(C)C(=O)NC[C@@H]1CCN(Cc2ccccc2)C1. The summed E-state index contributed by atoms with van der Waals surface area (Å²) in [6.07, 6.45) is 4.88. The first kappa shape index (κ1) is 18.5. The van der Waals surface area contributed by atoms with Gasteiger partial charge >= 0.3 is 6.03 Å². The first-order valence-electron chi connectivity index (χ1n) is 9.35. The number of rotatable bonds is 7. The summed E-state index contributed by atoms with van der Waals surface area (Å²) in [5.74, 6) is 1.51. The maximum Gasteiger partial charge on any atom is 0.317 e. The Labute approximate surface area is 155 Å². The van der Waals surface area contributed by atoms with Crippen LogP contribution in [-0.4, -0.2) is 58.6 Å². The molecule has 1 saturated heterocycles. The number of likely N-dealkylation sites (N-methyl/N-ethyl adjacent to an activating group) is 1. The molecule has 0 unspecified atom stereocenters. The smallest absolute Gasteiger partial charge is 0.317 e. The molecule has 1 aliphatic heterocycles. The largest absolute Gasteiger partial charge is 0.338 e. The lowest BCUT2D eigenvalue weighted by Gasteiger charge is -2.20. The second-order valence-electron chi connectivity index (χ2n) is 7.15. The molecule has 1 aromatic carbocycles. The Balaban J connectivity index is 1.36. The molecular weight excluding hydrogens is 326 g/mol. The molecule has 1 aromatic heterocycles. The van der Waals surface area contributed by atoms with E-state index < -0.39 is 0 Å². The molecule has 0 saturated carbocycles. The molecule has 0 spiro atoms. The van der Waals surface area contributed by atoms with Crippen molar-refractivity contribution in [3.8, 4) is 0 Å². The molecule has 6 nitrogen and oxygen atoms in total. The molecule has 2 heterocycles. The number of nitrogens with one attached hydrogen (secondary N) is 1. The molecule has 26 heavy (non-hydrogen) atoms. The molecule has 2 amide bonds. The van der Waals surface area contributed by atoms with E-state index in [0.717, 1.165) is 45.0 Å². The lowest BCUT2D eigenvalue weighted by atomic mass is 10.1. The van der Waals surface area contributed by atoms with Crippen molar-refractivity contribution >= 4 is 6.03 Å². The minimum Gasteiger partial charge on any atom is -0.338 e. The van der Waals surface area contributed by atoms with Crippen LogP contribution >= 0.6 is 0 Å². The fraction of sp³-hybridized carbons (Fsp3) is 0.500. The molecule has 1 N–H and O–H groups in total. The Hall–Kier alpha value is -2.34. The van der Waals surface area contributed by atoms with E-state index in [2.05, 4.69) is 50.1 Å². The van der Waals surface area contributed by atoms with Crippen LogP contribution in [0.5, 0.6) is 0 Å². The van der Waals surface area contributed by atoms with Gasteiger partial charge in [-0.25, -0.2) is 9.78 Å². The molecular formula is C20H29N5O. The number of hydrogen-bond acceptors (Lipinski definition) is 3. The van der Waals surface area contributed by atoms with Crippen molar-refractivity contribution in [3.63, 3.8) is 0 Å². The van der Waals surface area contributed by atoms with E-state index in [0.29, 0.717) is 12.5 Å². The lowest BCUT2D eigenvalue weighted by Crippen LogP contribution is -2.41. The first-order valence-corrected chi connectivity index (χ1v) is 9.35. The third kappa shape index (κ3) is 5.08. The number of aromatic nitrogens is 2. The summed E-state index contributed by atoms with van der Waals surface area (Å²) in [5.41, 5.74) is 1.35. The van der Waals surface area contributed by atoms with Crippen LogP contribution < -0.4 is 5.32 Å². The van der Waals surface area contributed by atoms with Crippen LogP contribution in [-0.2, 0) is 13.1 Å². The van der Waals surface area contributed by atoms with Gasteiger partial charge in [-0.15, -0.1) is 0 Å². The lowest BCUT2D eigenvalue weighted by molar-refractivity contribution is 0.204. The van der Waals surface area contributed by atoms with Crippen molar-refractivity contribution in [1.82, 2.24) is 24.7 Å². The molecule has 2 aromatic rings. The molecule has 0 aliphatic carbocycles. The van der Waals surface area contributed by atoms with Gasteiger partial charge in [0.2, 0.25) is 0 Å². The number of likely N-dealkylation sites (tertiary alicyclic amines) is 1. The third-order valence-corrected chi connectivity index (χ3v) is 5.11. The van der Waals surface area contributed by atoms with E-state index in [4.69, 9.17) is 0 Å². The van der Waals surface area contributed by atoms with Crippen molar-refractivity contribution in [2.75, 3.05) is 33.2 Å². The predicted octanol–water partition coefficient (Wildman–Crippen LogP) is 2.36. The quantitative estimate of drug-likeness (QED) is 0.829. The zero-order valence-electron chi connectivity index (χ0n) is 15.8. The number of aryl methyl sites for hydroxylation is 1. The van der Waals surface area contributed by atoms with Crippen molar-refractivity contribution in [3.05, 3.63) is 54.1 Å². The van der Waals surface area contributed by atoms with E-state index in [-0.39, 0.29) is 6.03 Å². The molecule has 0 radical (unpaired) electrons. The summed E-state index contributed by atoms with van der Waals surface area (Å²) >= 11 is 0. The minimum atomic E-state index is 0.00396. The topological polar surface area (TPSA) is 53.4 Å². The molecule has 140 valence electrons. The Morgan fingerprint density at radius 1 is 1.35 bits per heavy atom. The molecule has 1 aliphatic rings. The standard InChI is InChI=1S/C20H29N5O/c1-17-21-9-11-25(17)13-12-23(2)20(26)22-14-19-8-10-24(16-19)15-18-6-4-3-5-7-18/h3-7,9,11,19H,8,10,12-16H2,1-2H3,(H,22,26)/t19-/m0/s1. The van der Waals surface area contributed by atoms with Gasteiger partial charge in [0.25, 0.3) is 0 Å². The van der Waals surface area contributed by atoms with E-state index in [9.17, 15) is 4.79 Å². The van der Waals surface area contributed by atoms with Gasteiger partial charge in [0.1, 0.15) is 5.82 Å². The number of urea groups is 1. The summed E-state index contributed by atoms with van der Waals surface area (Å²) in [6.45, 7) is 7.31. The monoisotopic (exact) mass is 355 g/mol. The maximum atomic E-state index is 12.3. The van der Waals surface area contributed by atoms with Crippen LogP contribution in [0.3, 0.4) is 0 Å². The molecule has 1 atom stereocenters. The summed E-state index contributed by atoms with van der Waals surface area (Å²) in [7, 11) is 1.85. The van der Waals surface area contributed by atoms with Gasteiger partial charge in [0.15, 0.2) is 0 Å². The zero-order valence-corrected chi connectivity index (χ0v) is 15.8. The number of imidazole rings is 1. The minimum absolute atomic E-state index is 0.00396. The van der Waals surface area contributed by atoms with Crippen LogP contribution in [0.15, 0.2) is 42.7 Å². The number of benzene rings is 1. The van der Waals surface area contributed by atoms with Gasteiger partial charge in [-0.2, -0.15) is 0 Å². The van der Waals surface area contributed by atoms with Gasteiger partial charge in [-0.3, -0.25) is 4.90 Å². The van der Waals surface area contributed by atoms with E-state index in [1.807, 2.05) is 20.2 Å². The third-order valence-electron chi connectivity index (χ3n) is 5.11. The highest BCUT2D eigenvalue weighted by molar-refractivity contribution is 5.73.